The van der Waals surface area contributed by atoms with Crippen molar-refractivity contribution in [1.82, 2.24) is 24.2 Å². The van der Waals surface area contributed by atoms with Gasteiger partial charge in [0.05, 0.1) is 10.9 Å². The van der Waals surface area contributed by atoms with Crippen molar-refractivity contribution in [2.75, 3.05) is 14.1 Å². The van der Waals surface area contributed by atoms with E-state index in [4.69, 9.17) is 0 Å². The number of nitrogens with zero attached hydrogens (tertiary/aromatic N) is 4. The average molecular weight is 373 g/mol. The second kappa shape index (κ2) is 6.85. The zero-order chi connectivity index (χ0) is 18.9. The Morgan fingerprint density at radius 1 is 1.12 bits per heavy atom. The van der Waals surface area contributed by atoms with Crippen molar-refractivity contribution in [3.05, 3.63) is 60.0 Å². The molecule has 0 bridgehead atoms. The third kappa shape index (κ3) is 3.31. The van der Waals surface area contributed by atoms with E-state index < -0.39 is 10.0 Å². The molecular weight excluding hydrogens is 354 g/mol. The van der Waals surface area contributed by atoms with Gasteiger partial charge < -0.3 is 5.32 Å². The number of aromatic nitrogens is 3. The molecule has 3 rings (SSSR count). The maximum atomic E-state index is 12.5. The second-order valence-corrected chi connectivity index (χ2v) is 8.15. The topological polar surface area (TPSA) is 96.7 Å². The lowest BCUT2D eigenvalue weighted by Gasteiger charge is -2.14. The summed E-state index contributed by atoms with van der Waals surface area (Å²) >= 11 is 0. The average Bonchev–Trinajstić information content (AvgIpc) is 3.05. The molecule has 136 valence electrons. The van der Waals surface area contributed by atoms with Gasteiger partial charge in [0.25, 0.3) is 5.91 Å². The third-order valence-electron chi connectivity index (χ3n) is 3.97. The number of rotatable bonds is 5. The van der Waals surface area contributed by atoms with E-state index in [-0.39, 0.29) is 16.8 Å². The van der Waals surface area contributed by atoms with Gasteiger partial charge in [0.2, 0.25) is 10.0 Å². The number of nitrogens with one attached hydrogen (secondary N) is 1. The minimum absolute atomic E-state index is 0.135. The number of amides is 1. The van der Waals surface area contributed by atoms with Gasteiger partial charge in [-0.1, -0.05) is 6.07 Å². The van der Waals surface area contributed by atoms with Crippen LogP contribution in [0.15, 0.2) is 53.6 Å². The molecule has 3 aromatic rings. The molecule has 1 unspecified atom stereocenters. The van der Waals surface area contributed by atoms with Crippen molar-refractivity contribution >= 4 is 21.6 Å². The van der Waals surface area contributed by atoms with E-state index in [0.29, 0.717) is 17.0 Å². The molecule has 0 aliphatic heterocycles. The van der Waals surface area contributed by atoms with Crippen LogP contribution in [0.5, 0.6) is 0 Å². The van der Waals surface area contributed by atoms with Crippen LogP contribution in [0.4, 0.5) is 0 Å². The van der Waals surface area contributed by atoms with Gasteiger partial charge >= 0.3 is 0 Å². The van der Waals surface area contributed by atoms with Crippen molar-refractivity contribution in [2.24, 2.45) is 0 Å². The smallest absolute Gasteiger partial charge is 0.251 e. The lowest BCUT2D eigenvalue weighted by atomic mass is 10.2. The highest BCUT2D eigenvalue weighted by Crippen LogP contribution is 2.16. The van der Waals surface area contributed by atoms with Crippen LogP contribution in [0.3, 0.4) is 0 Å². The van der Waals surface area contributed by atoms with Crippen LogP contribution in [0.2, 0.25) is 0 Å². The van der Waals surface area contributed by atoms with E-state index in [1.807, 2.05) is 31.3 Å². The summed E-state index contributed by atoms with van der Waals surface area (Å²) in [5.41, 5.74) is 1.06. The Bertz CT molecular complexity index is 1040. The van der Waals surface area contributed by atoms with E-state index in [0.717, 1.165) is 4.31 Å². The van der Waals surface area contributed by atoms with Gasteiger partial charge in [-0.3, -0.25) is 9.20 Å². The highest BCUT2D eigenvalue weighted by molar-refractivity contribution is 7.89. The van der Waals surface area contributed by atoms with E-state index in [1.54, 1.807) is 4.40 Å². The fourth-order valence-corrected chi connectivity index (χ4v) is 3.39. The van der Waals surface area contributed by atoms with E-state index in [1.165, 1.54) is 38.4 Å². The lowest BCUT2D eigenvalue weighted by molar-refractivity contribution is 0.0938. The fraction of sp³-hybridized carbons (Fsp3) is 0.235. The molecule has 1 amide bonds. The monoisotopic (exact) mass is 373 g/mol. The summed E-state index contributed by atoms with van der Waals surface area (Å²) < 4.78 is 27.1. The lowest BCUT2D eigenvalue weighted by Crippen LogP contribution is -2.28. The first-order valence-electron chi connectivity index (χ1n) is 7.94. The van der Waals surface area contributed by atoms with Crippen LogP contribution >= 0.6 is 0 Å². The van der Waals surface area contributed by atoms with Crippen LogP contribution < -0.4 is 5.32 Å². The first kappa shape index (κ1) is 18.0. The van der Waals surface area contributed by atoms with Gasteiger partial charge in [0, 0.05) is 25.9 Å². The summed E-state index contributed by atoms with van der Waals surface area (Å²) in [4.78, 5) is 12.6. The maximum Gasteiger partial charge on any atom is 0.251 e. The Kier molecular flexibility index (Phi) is 4.75. The highest BCUT2D eigenvalue weighted by Gasteiger charge is 2.19. The zero-order valence-electron chi connectivity index (χ0n) is 14.6. The normalized spacial score (nSPS) is 13.1. The first-order chi connectivity index (χ1) is 12.3. The van der Waals surface area contributed by atoms with Gasteiger partial charge in [-0.25, -0.2) is 12.7 Å². The molecule has 1 N–H and O–H groups in total. The number of pyridine rings is 1. The van der Waals surface area contributed by atoms with Gasteiger partial charge in [-0.2, -0.15) is 0 Å². The predicted molar refractivity (Wildman–Crippen MR) is 96.2 cm³/mol. The van der Waals surface area contributed by atoms with Crippen molar-refractivity contribution in [1.29, 1.82) is 0 Å². The van der Waals surface area contributed by atoms with Crippen LogP contribution in [-0.4, -0.2) is 47.3 Å². The predicted octanol–water partition coefficient (Wildman–Crippen LogP) is 1.47. The number of benzene rings is 1. The van der Waals surface area contributed by atoms with Gasteiger partial charge in [0.15, 0.2) is 11.5 Å². The molecule has 9 heteroatoms. The second-order valence-electron chi connectivity index (χ2n) is 5.99. The standard InChI is InChI=1S/C17H19N5O3S/c1-12(16-20-19-15-6-4-5-11-22(15)16)18-17(23)13-7-9-14(10-8-13)26(24,25)21(2)3/h4-12H,1-3H3,(H,18,23). The quantitative estimate of drug-likeness (QED) is 0.730. The molecule has 0 fully saturated rings. The SMILES string of the molecule is CC(NC(=O)c1ccc(S(=O)(=O)N(C)C)cc1)c1nnc2ccccn12. The molecule has 1 aromatic carbocycles. The molecule has 2 aromatic heterocycles. The summed E-state index contributed by atoms with van der Waals surface area (Å²) in [5, 5.41) is 11.0. The number of sulfonamides is 1. The van der Waals surface area contributed by atoms with Crippen molar-refractivity contribution < 1.29 is 13.2 Å². The molecule has 1 atom stereocenters. The summed E-state index contributed by atoms with van der Waals surface area (Å²) in [5.74, 6) is 0.291. The fourth-order valence-electron chi connectivity index (χ4n) is 2.49. The van der Waals surface area contributed by atoms with Crippen molar-refractivity contribution in [3.8, 4) is 0 Å². The summed E-state index contributed by atoms with van der Waals surface area (Å²) in [6, 6.07) is 11.0. The van der Waals surface area contributed by atoms with Crippen LogP contribution in [0.1, 0.15) is 29.1 Å². The van der Waals surface area contributed by atoms with Crippen LogP contribution in [0, 0.1) is 0 Å². The Hall–Kier alpha value is -2.78. The number of carbonyl (C=O) groups is 1. The molecule has 0 aliphatic carbocycles. The number of carbonyl (C=O) groups excluding carboxylic acids is 1. The van der Waals surface area contributed by atoms with E-state index >= 15 is 0 Å². The Labute approximate surface area is 151 Å². The van der Waals surface area contributed by atoms with Crippen LogP contribution in [-0.2, 0) is 10.0 Å². The summed E-state index contributed by atoms with van der Waals surface area (Å²) in [6.45, 7) is 1.81. The Morgan fingerprint density at radius 2 is 1.81 bits per heavy atom. The zero-order valence-corrected chi connectivity index (χ0v) is 15.4. The molecule has 0 saturated carbocycles. The Balaban J connectivity index is 1.78. The number of fused-ring (bicyclic) bond motifs is 1. The van der Waals surface area contributed by atoms with Crippen molar-refractivity contribution in [2.45, 2.75) is 17.9 Å². The largest absolute Gasteiger partial charge is 0.342 e. The third-order valence-corrected chi connectivity index (χ3v) is 5.80. The molecule has 0 spiro atoms. The van der Waals surface area contributed by atoms with Gasteiger partial charge in [-0.15, -0.1) is 10.2 Å². The van der Waals surface area contributed by atoms with Crippen LogP contribution in [0.25, 0.3) is 5.65 Å². The molecule has 2 heterocycles. The molecular formula is C17H19N5O3S. The number of hydrogen-bond donors (Lipinski definition) is 1. The van der Waals surface area contributed by atoms with E-state index in [2.05, 4.69) is 15.5 Å². The summed E-state index contributed by atoms with van der Waals surface area (Å²) in [7, 11) is -0.604. The molecule has 26 heavy (non-hydrogen) atoms. The maximum absolute atomic E-state index is 12.5. The first-order valence-corrected chi connectivity index (χ1v) is 9.38. The number of hydrogen-bond acceptors (Lipinski definition) is 5. The molecule has 0 aliphatic rings. The van der Waals surface area contributed by atoms with Crippen molar-refractivity contribution in [3.63, 3.8) is 0 Å². The summed E-state index contributed by atoms with van der Waals surface area (Å²) in [6.07, 6.45) is 1.83. The van der Waals surface area contributed by atoms with Gasteiger partial charge in [0.1, 0.15) is 0 Å². The minimum atomic E-state index is -3.52. The molecule has 8 nitrogen and oxygen atoms in total. The minimum Gasteiger partial charge on any atom is -0.342 e. The molecule has 0 radical (unpaired) electrons. The highest BCUT2D eigenvalue weighted by atomic mass is 32.2. The van der Waals surface area contributed by atoms with E-state index in [9.17, 15) is 13.2 Å². The van der Waals surface area contributed by atoms with Gasteiger partial charge in [-0.05, 0) is 43.3 Å². The molecule has 0 saturated heterocycles. The Morgan fingerprint density at radius 3 is 2.46 bits per heavy atom.